The highest BCUT2D eigenvalue weighted by Crippen LogP contribution is 2.32. The van der Waals surface area contributed by atoms with Crippen molar-refractivity contribution in [3.05, 3.63) is 94.7 Å². The molecule has 0 radical (unpaired) electrons. The van der Waals surface area contributed by atoms with E-state index >= 15 is 0 Å². The zero-order chi connectivity index (χ0) is 33.8. The fraction of sp³-hybridized carbons (Fsp3) is 0.500. The summed E-state index contributed by atoms with van der Waals surface area (Å²) in [5, 5.41) is 28.6. The van der Waals surface area contributed by atoms with Crippen molar-refractivity contribution in [2.75, 3.05) is 32.8 Å². The first kappa shape index (κ1) is 34.0. The number of aliphatic hydroxyl groups is 2. The largest absolute Gasteiger partial charge is 0.477 e. The van der Waals surface area contributed by atoms with Crippen molar-refractivity contribution in [1.29, 1.82) is 0 Å². The molecule has 3 aromatic rings. The Morgan fingerprint density at radius 3 is 2.60 bits per heavy atom. The summed E-state index contributed by atoms with van der Waals surface area (Å²) in [6, 6.07) is 18.8. The molecule has 3 aliphatic rings. The Kier molecular flexibility index (Phi) is 10.5. The molecule has 0 bridgehead atoms. The number of pyridine rings is 1. The molecule has 5 atom stereocenters. The molecule has 256 valence electrons. The first-order valence-electron chi connectivity index (χ1n) is 17.2. The van der Waals surface area contributed by atoms with E-state index in [4.69, 9.17) is 4.74 Å². The lowest BCUT2D eigenvalue weighted by molar-refractivity contribution is -0.132. The zero-order valence-electron chi connectivity index (χ0n) is 28.3. The Bertz CT molecular complexity index is 1580. The molecule has 1 saturated heterocycles. The van der Waals surface area contributed by atoms with Crippen LogP contribution in [0.15, 0.2) is 66.9 Å². The first-order chi connectivity index (χ1) is 23.0. The third-order valence-electron chi connectivity index (χ3n) is 9.57. The Hall–Kier alpha value is -3.83. The van der Waals surface area contributed by atoms with Gasteiger partial charge >= 0.3 is 0 Å². The highest BCUT2D eigenvalue weighted by Gasteiger charge is 2.37. The number of ether oxygens (including phenoxy) is 1. The number of nitrogens with zero attached hydrogens (tertiary/aromatic N) is 3. The summed E-state index contributed by atoms with van der Waals surface area (Å²) >= 11 is 0. The van der Waals surface area contributed by atoms with Crippen molar-refractivity contribution < 1.29 is 24.5 Å². The molecule has 0 unspecified atom stereocenters. The van der Waals surface area contributed by atoms with Gasteiger partial charge in [-0.3, -0.25) is 19.4 Å². The maximum absolute atomic E-state index is 13.9. The standard InChI is InChI=1S/C38H49N5O5/c1-38(2,3)41-36(47)32-24-42(22-26-18-28-13-16-48-37(28)39-21-26)14-15-43(32)23-30(44)19-29(17-25-9-5-4-6-10-25)35(46)40-34-31-12-8-7-11-27(31)20-33(34)45/h4-12,18,21,29-30,32-34,44-45H,13-17,19-20,22-24H2,1-3H3,(H,40,46)(H,41,47)/t29-,30+,32+,33-,34+/m1/s1. The van der Waals surface area contributed by atoms with Crippen molar-refractivity contribution in [2.24, 2.45) is 5.92 Å². The average Bonchev–Trinajstić information content (AvgIpc) is 3.64. The topological polar surface area (TPSA) is 127 Å². The minimum atomic E-state index is -0.845. The second-order valence-corrected chi connectivity index (χ2v) is 14.6. The lowest BCUT2D eigenvalue weighted by Crippen LogP contribution is -2.61. The van der Waals surface area contributed by atoms with E-state index < -0.39 is 35.7 Å². The predicted molar refractivity (Wildman–Crippen MR) is 183 cm³/mol. The van der Waals surface area contributed by atoms with Crippen LogP contribution >= 0.6 is 0 Å². The summed E-state index contributed by atoms with van der Waals surface area (Å²) in [4.78, 5) is 36.4. The smallest absolute Gasteiger partial charge is 0.239 e. The number of carbonyl (C=O) groups is 2. The molecule has 1 aliphatic carbocycles. The van der Waals surface area contributed by atoms with E-state index in [1.807, 2.05) is 81.6 Å². The van der Waals surface area contributed by atoms with Gasteiger partial charge in [-0.25, -0.2) is 4.98 Å². The third kappa shape index (κ3) is 8.41. The molecular formula is C38H49N5O5. The van der Waals surface area contributed by atoms with Crippen molar-refractivity contribution in [3.8, 4) is 5.88 Å². The minimum absolute atomic E-state index is 0.0765. The van der Waals surface area contributed by atoms with Crippen LogP contribution in [0.3, 0.4) is 0 Å². The molecule has 1 fully saturated rings. The molecular weight excluding hydrogens is 606 g/mol. The molecule has 0 spiro atoms. The van der Waals surface area contributed by atoms with Crippen LogP contribution in [0.4, 0.5) is 0 Å². The van der Waals surface area contributed by atoms with E-state index in [-0.39, 0.29) is 24.8 Å². The normalized spacial score (nSPS) is 22.3. The zero-order valence-corrected chi connectivity index (χ0v) is 28.3. The number of fused-ring (bicyclic) bond motifs is 2. The number of aromatic nitrogens is 1. The summed E-state index contributed by atoms with van der Waals surface area (Å²) in [6.07, 6.45) is 2.34. The van der Waals surface area contributed by atoms with E-state index in [1.54, 1.807) is 0 Å². The van der Waals surface area contributed by atoms with Crippen molar-refractivity contribution in [2.45, 2.75) is 82.8 Å². The molecule has 0 saturated carbocycles. The number of β-amino-alcohol motifs (C(OH)–C–C–N with tert-alkyl or cyclic N) is 1. The second-order valence-electron chi connectivity index (χ2n) is 14.6. The number of rotatable bonds is 11. The summed E-state index contributed by atoms with van der Waals surface area (Å²) in [7, 11) is 0. The van der Waals surface area contributed by atoms with Gasteiger partial charge in [-0.2, -0.15) is 0 Å². The van der Waals surface area contributed by atoms with Crippen LogP contribution in [0.25, 0.3) is 0 Å². The molecule has 1 aromatic heterocycles. The molecule has 2 aromatic carbocycles. The van der Waals surface area contributed by atoms with Gasteiger partial charge in [0.1, 0.15) is 6.04 Å². The van der Waals surface area contributed by atoms with Gasteiger partial charge in [-0.15, -0.1) is 0 Å². The van der Waals surface area contributed by atoms with Crippen LogP contribution in [-0.4, -0.2) is 93.4 Å². The fourth-order valence-corrected chi connectivity index (χ4v) is 7.27. The van der Waals surface area contributed by atoms with Gasteiger partial charge in [-0.1, -0.05) is 54.6 Å². The minimum Gasteiger partial charge on any atom is -0.477 e. The number of hydrogen-bond donors (Lipinski definition) is 4. The highest BCUT2D eigenvalue weighted by molar-refractivity contribution is 5.83. The quantitative estimate of drug-likeness (QED) is 0.249. The van der Waals surface area contributed by atoms with Crippen molar-refractivity contribution in [1.82, 2.24) is 25.4 Å². The molecule has 6 rings (SSSR count). The SMILES string of the molecule is CC(C)(C)NC(=O)[C@@H]1CN(Cc2cnc3c(c2)CCO3)CCN1C[C@@H](O)C[C@@H](Cc1ccccc1)C(=O)N[C@H]1c2ccccc2C[C@H]1O. The lowest BCUT2D eigenvalue weighted by atomic mass is 9.91. The van der Waals surface area contributed by atoms with Crippen LogP contribution in [0, 0.1) is 5.92 Å². The van der Waals surface area contributed by atoms with Crippen LogP contribution < -0.4 is 15.4 Å². The summed E-state index contributed by atoms with van der Waals surface area (Å²) in [5.41, 5.74) is 4.78. The van der Waals surface area contributed by atoms with Crippen LogP contribution in [-0.2, 0) is 35.4 Å². The van der Waals surface area contributed by atoms with E-state index in [0.717, 1.165) is 40.8 Å². The monoisotopic (exact) mass is 655 g/mol. The van der Waals surface area contributed by atoms with Crippen LogP contribution in [0.1, 0.15) is 61.1 Å². The third-order valence-corrected chi connectivity index (χ3v) is 9.57. The van der Waals surface area contributed by atoms with Crippen LogP contribution in [0.2, 0.25) is 0 Å². The fourth-order valence-electron chi connectivity index (χ4n) is 7.27. The number of carbonyl (C=O) groups excluding carboxylic acids is 2. The molecule has 4 N–H and O–H groups in total. The highest BCUT2D eigenvalue weighted by atomic mass is 16.5. The Labute approximate surface area is 283 Å². The molecule has 10 heteroatoms. The second kappa shape index (κ2) is 14.7. The number of hydrogen-bond acceptors (Lipinski definition) is 8. The van der Waals surface area contributed by atoms with Crippen LogP contribution in [0.5, 0.6) is 5.88 Å². The number of benzene rings is 2. The van der Waals surface area contributed by atoms with Crippen molar-refractivity contribution >= 4 is 11.8 Å². The number of nitrogens with one attached hydrogen (secondary N) is 2. The Morgan fingerprint density at radius 2 is 1.81 bits per heavy atom. The molecule has 2 amide bonds. The van der Waals surface area contributed by atoms with Gasteiger partial charge in [0.25, 0.3) is 0 Å². The maximum Gasteiger partial charge on any atom is 0.239 e. The average molecular weight is 656 g/mol. The van der Waals surface area contributed by atoms with Gasteiger partial charge < -0.3 is 25.6 Å². The number of piperazine rings is 1. The summed E-state index contributed by atoms with van der Waals surface area (Å²) in [6.45, 7) is 9.34. The van der Waals surface area contributed by atoms with Gasteiger partial charge in [0.2, 0.25) is 17.7 Å². The Morgan fingerprint density at radius 1 is 1.04 bits per heavy atom. The number of aliphatic hydroxyl groups excluding tert-OH is 2. The summed E-state index contributed by atoms with van der Waals surface area (Å²) in [5.74, 6) is -0.0866. The van der Waals surface area contributed by atoms with E-state index in [0.29, 0.717) is 45.0 Å². The summed E-state index contributed by atoms with van der Waals surface area (Å²) < 4.78 is 5.57. The Balaban J connectivity index is 1.14. The predicted octanol–water partition coefficient (Wildman–Crippen LogP) is 2.80. The van der Waals surface area contributed by atoms with E-state index in [2.05, 4.69) is 31.5 Å². The van der Waals surface area contributed by atoms with E-state index in [9.17, 15) is 19.8 Å². The molecule has 3 heterocycles. The first-order valence-corrected chi connectivity index (χ1v) is 17.2. The van der Waals surface area contributed by atoms with Gasteiger partial charge in [-0.05, 0) is 61.9 Å². The van der Waals surface area contributed by atoms with Gasteiger partial charge in [0, 0.05) is 68.8 Å². The lowest BCUT2D eigenvalue weighted by Gasteiger charge is -2.42. The van der Waals surface area contributed by atoms with E-state index in [1.165, 1.54) is 0 Å². The molecule has 10 nitrogen and oxygen atoms in total. The molecule has 48 heavy (non-hydrogen) atoms. The molecule has 2 aliphatic heterocycles. The maximum atomic E-state index is 13.9. The van der Waals surface area contributed by atoms with Gasteiger partial charge in [0.05, 0.1) is 24.9 Å². The number of amides is 2. The van der Waals surface area contributed by atoms with Gasteiger partial charge in [0.15, 0.2) is 0 Å². The van der Waals surface area contributed by atoms with Crippen molar-refractivity contribution in [3.63, 3.8) is 0 Å².